The first kappa shape index (κ1) is 21.3. The highest BCUT2D eigenvalue weighted by atomic mass is 16.5. The minimum Gasteiger partial charge on any atom is -0.496 e. The molecule has 0 unspecified atom stereocenters. The fourth-order valence-corrected chi connectivity index (χ4v) is 6.23. The maximum Gasteiger partial charge on any atom is 0.255 e. The predicted octanol–water partition coefficient (Wildman–Crippen LogP) is 4.22. The highest BCUT2D eigenvalue weighted by Gasteiger charge is 2.44. The van der Waals surface area contributed by atoms with Crippen molar-refractivity contribution in [1.82, 2.24) is 9.97 Å². The van der Waals surface area contributed by atoms with Gasteiger partial charge in [0.05, 0.1) is 12.8 Å². The number of anilines is 2. The van der Waals surface area contributed by atoms with E-state index in [-0.39, 0.29) is 11.0 Å². The van der Waals surface area contributed by atoms with E-state index in [0.717, 1.165) is 87.7 Å². The van der Waals surface area contributed by atoms with Gasteiger partial charge in [0.15, 0.2) is 0 Å². The molecular weight excluding hydrogens is 424 g/mol. The van der Waals surface area contributed by atoms with Gasteiger partial charge in [-0.15, -0.1) is 0 Å². The van der Waals surface area contributed by atoms with Crippen molar-refractivity contribution in [2.75, 3.05) is 36.5 Å². The molecule has 176 valence electrons. The van der Waals surface area contributed by atoms with Crippen molar-refractivity contribution in [3.8, 4) is 5.75 Å². The Kier molecular flexibility index (Phi) is 5.31. The van der Waals surface area contributed by atoms with Crippen LogP contribution in [0.25, 0.3) is 0 Å². The Hall–Kier alpha value is -3.28. The first-order valence-corrected chi connectivity index (χ1v) is 12.5. The smallest absolute Gasteiger partial charge is 0.255 e. The zero-order chi connectivity index (χ0) is 23.1. The molecule has 2 aromatic carbocycles. The van der Waals surface area contributed by atoms with Gasteiger partial charge >= 0.3 is 0 Å². The average Bonchev–Trinajstić information content (AvgIpc) is 3.17. The number of piperidine rings is 1. The van der Waals surface area contributed by atoms with Crippen LogP contribution in [-0.2, 0) is 24.8 Å². The SMILES string of the molecule is COc1ccccc1CN1CC2(CCN(c3nc4c(c(=O)[nH]3)CCCC4)CC2)c2ccccc21. The fraction of sp³-hybridized carbons (Fsp3) is 0.429. The van der Waals surface area contributed by atoms with Gasteiger partial charge in [-0.05, 0) is 56.2 Å². The number of aryl methyl sites for hydroxylation is 1. The van der Waals surface area contributed by atoms with Crippen molar-refractivity contribution in [2.24, 2.45) is 0 Å². The lowest BCUT2D eigenvalue weighted by molar-refractivity contribution is 0.347. The molecule has 1 N–H and O–H groups in total. The number of benzene rings is 2. The number of hydrogen-bond acceptors (Lipinski definition) is 5. The summed E-state index contributed by atoms with van der Waals surface area (Å²) in [6.07, 6.45) is 6.11. The minimum atomic E-state index is 0.0641. The van der Waals surface area contributed by atoms with Crippen LogP contribution >= 0.6 is 0 Å². The topological polar surface area (TPSA) is 61.5 Å². The van der Waals surface area contributed by atoms with E-state index in [1.54, 1.807) is 7.11 Å². The van der Waals surface area contributed by atoms with Gasteiger partial charge in [-0.1, -0.05) is 36.4 Å². The molecule has 0 amide bonds. The maximum absolute atomic E-state index is 12.7. The number of methoxy groups -OCH3 is 1. The van der Waals surface area contributed by atoms with E-state index < -0.39 is 0 Å². The van der Waals surface area contributed by atoms with E-state index in [1.165, 1.54) is 16.8 Å². The molecule has 6 heteroatoms. The lowest BCUT2D eigenvalue weighted by Crippen LogP contribution is -2.46. The van der Waals surface area contributed by atoms with Crippen LogP contribution in [0, 0.1) is 0 Å². The van der Waals surface area contributed by atoms with Gasteiger partial charge in [-0.25, -0.2) is 4.98 Å². The van der Waals surface area contributed by atoms with Crippen LogP contribution in [-0.4, -0.2) is 36.7 Å². The first-order chi connectivity index (χ1) is 16.7. The van der Waals surface area contributed by atoms with Crippen molar-refractivity contribution in [2.45, 2.75) is 50.5 Å². The number of rotatable bonds is 4. The molecule has 34 heavy (non-hydrogen) atoms. The number of para-hydroxylation sites is 2. The molecule has 6 rings (SSSR count). The van der Waals surface area contributed by atoms with Crippen molar-refractivity contribution >= 4 is 11.6 Å². The normalized spacial score (nSPS) is 18.6. The summed E-state index contributed by atoms with van der Waals surface area (Å²) >= 11 is 0. The van der Waals surface area contributed by atoms with Crippen molar-refractivity contribution in [3.05, 3.63) is 81.3 Å². The molecular formula is C28H32N4O2. The Morgan fingerprint density at radius 1 is 1.03 bits per heavy atom. The fourth-order valence-electron chi connectivity index (χ4n) is 6.23. The third-order valence-corrected chi connectivity index (χ3v) is 8.06. The molecule has 0 saturated carbocycles. The van der Waals surface area contributed by atoms with E-state index in [2.05, 4.69) is 51.2 Å². The Labute approximate surface area is 200 Å². The van der Waals surface area contributed by atoms with Crippen molar-refractivity contribution < 1.29 is 4.74 Å². The molecule has 1 fully saturated rings. The van der Waals surface area contributed by atoms with E-state index in [1.807, 2.05) is 12.1 Å². The summed E-state index contributed by atoms with van der Waals surface area (Å²) in [5.41, 5.74) is 6.11. The van der Waals surface area contributed by atoms with Gasteiger partial charge in [-0.2, -0.15) is 0 Å². The quantitative estimate of drug-likeness (QED) is 0.637. The van der Waals surface area contributed by atoms with E-state index in [4.69, 9.17) is 9.72 Å². The lowest BCUT2D eigenvalue weighted by atomic mass is 9.74. The molecule has 0 radical (unpaired) electrons. The van der Waals surface area contributed by atoms with Crippen LogP contribution in [0.3, 0.4) is 0 Å². The standard InChI is InChI=1S/C28H32N4O2/c1-34-25-13-7-2-8-20(25)18-32-19-28(22-10-4-6-12-24(22)32)14-16-31(17-15-28)27-29-23-11-5-3-9-21(23)26(33)30-27/h2,4,6-8,10,12-13H,3,5,9,11,14-19H2,1H3,(H,29,30,33). The van der Waals surface area contributed by atoms with Crippen LogP contribution in [0.5, 0.6) is 5.75 Å². The number of aromatic nitrogens is 2. The van der Waals surface area contributed by atoms with Crippen molar-refractivity contribution in [1.29, 1.82) is 0 Å². The summed E-state index contributed by atoms with van der Waals surface area (Å²) in [5, 5.41) is 0. The summed E-state index contributed by atoms with van der Waals surface area (Å²) in [5.74, 6) is 1.70. The molecule has 1 saturated heterocycles. The molecule has 0 atom stereocenters. The Balaban J connectivity index is 1.24. The summed E-state index contributed by atoms with van der Waals surface area (Å²) < 4.78 is 5.62. The number of hydrogen-bond donors (Lipinski definition) is 1. The van der Waals surface area contributed by atoms with Crippen LogP contribution in [0.2, 0.25) is 0 Å². The predicted molar refractivity (Wildman–Crippen MR) is 135 cm³/mol. The van der Waals surface area contributed by atoms with Crippen LogP contribution in [0.4, 0.5) is 11.6 Å². The van der Waals surface area contributed by atoms with Crippen molar-refractivity contribution in [3.63, 3.8) is 0 Å². The Morgan fingerprint density at radius 3 is 2.65 bits per heavy atom. The molecule has 3 heterocycles. The number of H-pyrrole nitrogens is 1. The minimum absolute atomic E-state index is 0.0641. The van der Waals surface area contributed by atoms with Crippen LogP contribution < -0.4 is 20.1 Å². The summed E-state index contributed by atoms with van der Waals surface area (Å²) in [7, 11) is 1.74. The summed E-state index contributed by atoms with van der Waals surface area (Å²) in [4.78, 5) is 25.5. The second kappa shape index (κ2) is 8.49. The first-order valence-electron chi connectivity index (χ1n) is 12.5. The molecule has 3 aliphatic rings. The number of nitrogens with zero attached hydrogens (tertiary/aromatic N) is 3. The zero-order valence-electron chi connectivity index (χ0n) is 19.8. The highest BCUT2D eigenvalue weighted by molar-refractivity contribution is 5.64. The molecule has 1 aromatic heterocycles. The monoisotopic (exact) mass is 456 g/mol. The van der Waals surface area contributed by atoms with Gasteiger partial charge in [0.1, 0.15) is 5.75 Å². The Bertz CT molecular complexity index is 1260. The molecule has 1 spiro atoms. The largest absolute Gasteiger partial charge is 0.496 e. The maximum atomic E-state index is 12.7. The number of nitrogens with one attached hydrogen (secondary N) is 1. The second-order valence-corrected chi connectivity index (χ2v) is 9.97. The third kappa shape index (κ3) is 3.56. The molecule has 0 bridgehead atoms. The summed E-state index contributed by atoms with van der Waals surface area (Å²) in [6.45, 7) is 3.65. The van der Waals surface area contributed by atoms with Gasteiger partial charge in [-0.3, -0.25) is 9.78 Å². The number of ether oxygens (including phenoxy) is 1. The van der Waals surface area contributed by atoms with E-state index in [9.17, 15) is 4.79 Å². The number of fused-ring (bicyclic) bond motifs is 3. The zero-order valence-corrected chi connectivity index (χ0v) is 19.8. The molecule has 3 aromatic rings. The van der Waals surface area contributed by atoms with Gasteiger partial charge < -0.3 is 14.5 Å². The summed E-state index contributed by atoms with van der Waals surface area (Å²) in [6, 6.07) is 17.2. The second-order valence-electron chi connectivity index (χ2n) is 9.97. The Morgan fingerprint density at radius 2 is 1.79 bits per heavy atom. The highest BCUT2D eigenvalue weighted by Crippen LogP contribution is 2.48. The average molecular weight is 457 g/mol. The van der Waals surface area contributed by atoms with Gasteiger partial charge in [0, 0.05) is 48.4 Å². The lowest BCUT2D eigenvalue weighted by Gasteiger charge is -2.40. The van der Waals surface area contributed by atoms with E-state index in [0.29, 0.717) is 0 Å². The van der Waals surface area contributed by atoms with Gasteiger partial charge in [0.25, 0.3) is 5.56 Å². The van der Waals surface area contributed by atoms with Crippen LogP contribution in [0.1, 0.15) is 48.1 Å². The molecule has 2 aliphatic heterocycles. The van der Waals surface area contributed by atoms with E-state index >= 15 is 0 Å². The third-order valence-electron chi connectivity index (χ3n) is 8.06. The number of aromatic amines is 1. The molecule has 6 nitrogen and oxygen atoms in total. The van der Waals surface area contributed by atoms with Gasteiger partial charge in [0.2, 0.25) is 5.95 Å². The van der Waals surface area contributed by atoms with Crippen LogP contribution in [0.15, 0.2) is 53.3 Å². The molecule has 1 aliphatic carbocycles.